The predicted octanol–water partition coefficient (Wildman–Crippen LogP) is 1.26. The van der Waals surface area contributed by atoms with Crippen molar-refractivity contribution in [3.05, 3.63) is 48.3 Å². The number of aryl methyl sites for hydroxylation is 2. The normalized spacial score (nSPS) is 12.3. The van der Waals surface area contributed by atoms with Gasteiger partial charge < -0.3 is 4.74 Å². The van der Waals surface area contributed by atoms with Crippen molar-refractivity contribution in [1.29, 1.82) is 0 Å². The molecule has 0 radical (unpaired) electrons. The summed E-state index contributed by atoms with van der Waals surface area (Å²) in [7, 11) is 1.95. The lowest BCUT2D eigenvalue weighted by atomic mass is 10.1. The molecule has 0 amide bonds. The highest BCUT2D eigenvalue weighted by Crippen LogP contribution is 2.10. The molecule has 0 saturated heterocycles. The lowest BCUT2D eigenvalue weighted by Gasteiger charge is -2.16. The van der Waals surface area contributed by atoms with Crippen molar-refractivity contribution in [3.63, 3.8) is 0 Å². The van der Waals surface area contributed by atoms with Crippen LogP contribution in [0.15, 0.2) is 42.6 Å². The average molecular weight is 260 g/mol. The van der Waals surface area contributed by atoms with Gasteiger partial charge in [0.2, 0.25) is 0 Å². The van der Waals surface area contributed by atoms with Gasteiger partial charge in [-0.1, -0.05) is 18.2 Å². The van der Waals surface area contributed by atoms with E-state index >= 15 is 0 Å². The summed E-state index contributed by atoms with van der Waals surface area (Å²) < 4.78 is 7.57. The first-order valence-electron chi connectivity index (χ1n) is 6.40. The number of hydrazine groups is 1. The third kappa shape index (κ3) is 4.08. The van der Waals surface area contributed by atoms with Crippen LogP contribution in [-0.2, 0) is 13.5 Å². The monoisotopic (exact) mass is 260 g/mol. The molecule has 102 valence electrons. The maximum Gasteiger partial charge on any atom is 0.119 e. The Balaban J connectivity index is 1.79. The first-order valence-corrected chi connectivity index (χ1v) is 6.40. The van der Waals surface area contributed by atoms with Crippen LogP contribution in [0, 0.1) is 0 Å². The average Bonchev–Trinajstić information content (AvgIpc) is 2.86. The van der Waals surface area contributed by atoms with E-state index in [-0.39, 0.29) is 6.04 Å². The maximum atomic E-state index is 5.69. The Kier molecular flexibility index (Phi) is 4.94. The van der Waals surface area contributed by atoms with E-state index in [1.807, 2.05) is 48.1 Å². The van der Waals surface area contributed by atoms with Gasteiger partial charge in [0.1, 0.15) is 12.4 Å². The summed E-state index contributed by atoms with van der Waals surface area (Å²) in [4.78, 5) is 0. The van der Waals surface area contributed by atoms with Crippen LogP contribution in [0.5, 0.6) is 5.75 Å². The zero-order valence-corrected chi connectivity index (χ0v) is 11.1. The third-order valence-electron chi connectivity index (χ3n) is 3.10. The van der Waals surface area contributed by atoms with Gasteiger partial charge in [0, 0.05) is 18.9 Å². The fourth-order valence-electron chi connectivity index (χ4n) is 1.90. The number of hydrogen-bond acceptors (Lipinski definition) is 4. The quantitative estimate of drug-likeness (QED) is 0.581. The van der Waals surface area contributed by atoms with Crippen LogP contribution in [0.2, 0.25) is 0 Å². The largest absolute Gasteiger partial charge is 0.492 e. The molecule has 2 rings (SSSR count). The number of para-hydroxylation sites is 1. The molecule has 0 spiro atoms. The summed E-state index contributed by atoms with van der Waals surface area (Å²) in [5, 5.41) is 4.15. The molecule has 0 fully saturated rings. The molecule has 0 aliphatic carbocycles. The van der Waals surface area contributed by atoms with Crippen molar-refractivity contribution < 1.29 is 4.74 Å². The third-order valence-corrected chi connectivity index (χ3v) is 3.10. The van der Waals surface area contributed by atoms with E-state index in [2.05, 4.69) is 10.5 Å². The van der Waals surface area contributed by atoms with Crippen LogP contribution in [-0.4, -0.2) is 22.4 Å². The molecule has 0 aliphatic rings. The molecule has 0 saturated carbocycles. The minimum Gasteiger partial charge on any atom is -0.492 e. The Morgan fingerprint density at radius 2 is 2.11 bits per heavy atom. The zero-order chi connectivity index (χ0) is 13.5. The van der Waals surface area contributed by atoms with Crippen LogP contribution in [0.1, 0.15) is 12.1 Å². The lowest BCUT2D eigenvalue weighted by molar-refractivity contribution is 0.257. The molecule has 0 bridgehead atoms. The van der Waals surface area contributed by atoms with E-state index in [4.69, 9.17) is 10.6 Å². The Hall–Kier alpha value is -1.85. The van der Waals surface area contributed by atoms with Crippen molar-refractivity contribution in [2.24, 2.45) is 12.9 Å². The SMILES string of the molecule is Cn1nccc1CCC(COc1ccccc1)NN. The van der Waals surface area contributed by atoms with Gasteiger partial charge in [0.05, 0.1) is 6.04 Å². The Morgan fingerprint density at radius 3 is 2.74 bits per heavy atom. The highest BCUT2D eigenvalue weighted by atomic mass is 16.5. The van der Waals surface area contributed by atoms with Gasteiger partial charge >= 0.3 is 0 Å². The predicted molar refractivity (Wildman–Crippen MR) is 74.6 cm³/mol. The first kappa shape index (κ1) is 13.6. The van der Waals surface area contributed by atoms with E-state index in [9.17, 15) is 0 Å². The molecule has 19 heavy (non-hydrogen) atoms. The zero-order valence-electron chi connectivity index (χ0n) is 11.1. The van der Waals surface area contributed by atoms with Crippen molar-refractivity contribution in [1.82, 2.24) is 15.2 Å². The number of ether oxygens (including phenoxy) is 1. The number of hydrogen-bond donors (Lipinski definition) is 2. The molecule has 1 unspecified atom stereocenters. The van der Waals surface area contributed by atoms with Gasteiger partial charge in [-0.3, -0.25) is 16.0 Å². The Morgan fingerprint density at radius 1 is 1.32 bits per heavy atom. The van der Waals surface area contributed by atoms with Gasteiger partial charge in [-0.05, 0) is 31.0 Å². The molecule has 3 N–H and O–H groups in total. The number of benzene rings is 1. The fourth-order valence-corrected chi connectivity index (χ4v) is 1.90. The van der Waals surface area contributed by atoms with Gasteiger partial charge in [-0.2, -0.15) is 5.10 Å². The minimum atomic E-state index is 0.120. The summed E-state index contributed by atoms with van der Waals surface area (Å²) >= 11 is 0. The van der Waals surface area contributed by atoms with Gasteiger partial charge in [0.25, 0.3) is 0 Å². The van der Waals surface area contributed by atoms with Crippen LogP contribution >= 0.6 is 0 Å². The summed E-state index contributed by atoms with van der Waals surface area (Å²) in [5.74, 6) is 6.43. The second-order valence-corrected chi connectivity index (χ2v) is 4.47. The van der Waals surface area contributed by atoms with E-state index in [0.29, 0.717) is 6.61 Å². The maximum absolute atomic E-state index is 5.69. The number of rotatable bonds is 7. The molecular weight excluding hydrogens is 240 g/mol. The lowest BCUT2D eigenvalue weighted by Crippen LogP contribution is -2.40. The Bertz CT molecular complexity index is 483. The van der Waals surface area contributed by atoms with Crippen molar-refractivity contribution in [2.45, 2.75) is 18.9 Å². The summed E-state index contributed by atoms with van der Waals surface area (Å²) in [6.07, 6.45) is 3.63. The van der Waals surface area contributed by atoms with Crippen molar-refractivity contribution in [2.75, 3.05) is 6.61 Å². The number of nitrogens with zero attached hydrogens (tertiary/aromatic N) is 2. The highest BCUT2D eigenvalue weighted by molar-refractivity contribution is 5.20. The highest BCUT2D eigenvalue weighted by Gasteiger charge is 2.09. The van der Waals surface area contributed by atoms with E-state index in [1.54, 1.807) is 6.20 Å². The topological polar surface area (TPSA) is 65.1 Å². The number of nitrogens with one attached hydrogen (secondary N) is 1. The van der Waals surface area contributed by atoms with Crippen molar-refractivity contribution in [3.8, 4) is 5.75 Å². The molecule has 5 heteroatoms. The second-order valence-electron chi connectivity index (χ2n) is 4.47. The molecule has 1 aromatic heterocycles. The molecular formula is C14H20N4O. The number of aromatic nitrogens is 2. The van der Waals surface area contributed by atoms with E-state index in [0.717, 1.165) is 18.6 Å². The van der Waals surface area contributed by atoms with Gasteiger partial charge in [0.15, 0.2) is 0 Å². The second kappa shape index (κ2) is 6.92. The molecule has 1 aromatic carbocycles. The Labute approximate surface area is 113 Å². The van der Waals surface area contributed by atoms with Crippen molar-refractivity contribution >= 4 is 0 Å². The molecule has 1 heterocycles. The van der Waals surface area contributed by atoms with Crippen LogP contribution in [0.25, 0.3) is 0 Å². The minimum absolute atomic E-state index is 0.120. The van der Waals surface area contributed by atoms with Crippen LogP contribution < -0.4 is 16.0 Å². The van der Waals surface area contributed by atoms with E-state index < -0.39 is 0 Å². The first-order chi connectivity index (χ1) is 9.29. The van der Waals surface area contributed by atoms with Gasteiger partial charge in [-0.15, -0.1) is 0 Å². The summed E-state index contributed by atoms with van der Waals surface area (Å²) in [6.45, 7) is 0.554. The smallest absolute Gasteiger partial charge is 0.119 e. The summed E-state index contributed by atoms with van der Waals surface area (Å²) in [6, 6.07) is 11.9. The molecule has 2 aromatic rings. The molecule has 0 aliphatic heterocycles. The molecule has 5 nitrogen and oxygen atoms in total. The van der Waals surface area contributed by atoms with Crippen LogP contribution in [0.4, 0.5) is 0 Å². The number of nitrogens with two attached hydrogens (primary N) is 1. The van der Waals surface area contributed by atoms with E-state index in [1.165, 1.54) is 5.69 Å². The molecule has 1 atom stereocenters. The van der Waals surface area contributed by atoms with Gasteiger partial charge in [-0.25, -0.2) is 0 Å². The fraction of sp³-hybridized carbons (Fsp3) is 0.357. The summed E-state index contributed by atoms with van der Waals surface area (Å²) in [5.41, 5.74) is 3.99. The van der Waals surface area contributed by atoms with Crippen LogP contribution in [0.3, 0.4) is 0 Å². The standard InChI is InChI=1S/C14H20N4O/c1-18-13(9-10-16-18)8-7-12(17-15)11-19-14-5-3-2-4-6-14/h2-6,9-10,12,17H,7-8,11,15H2,1H3.